The molecule has 2 nitrogen and oxygen atoms in total. The topological polar surface area (TPSA) is 27.8 Å². The molecule has 0 unspecified atom stereocenters. The number of H-pyrrole nitrogens is 1. The molecule has 2 rings (SSSR count). The predicted octanol–water partition coefficient (Wildman–Crippen LogP) is 2.14. The molecule has 0 aliphatic carbocycles. The lowest BCUT2D eigenvalue weighted by atomic mass is 10.0. The Morgan fingerprint density at radius 1 is 1.42 bits per heavy atom. The average molecular weight is 164 g/mol. The molecule has 1 aliphatic rings. The van der Waals surface area contributed by atoms with Gasteiger partial charge in [-0.2, -0.15) is 0 Å². The summed E-state index contributed by atoms with van der Waals surface area (Å²) in [7, 11) is 0. The van der Waals surface area contributed by atoms with E-state index in [-0.39, 0.29) is 0 Å². The molecule has 1 aromatic heterocycles. The maximum Gasteiger partial charge on any atom is 0.0475 e. The van der Waals surface area contributed by atoms with Crippen LogP contribution in [0.5, 0.6) is 0 Å². The van der Waals surface area contributed by atoms with Crippen molar-refractivity contribution in [3.8, 4) is 0 Å². The Hall–Kier alpha value is -0.760. The molecule has 0 spiro atoms. The third-order valence-corrected chi connectivity index (χ3v) is 2.66. The van der Waals surface area contributed by atoms with Crippen molar-refractivity contribution in [2.24, 2.45) is 0 Å². The molecular weight excluding hydrogens is 148 g/mol. The number of rotatable bonds is 1. The lowest BCUT2D eigenvalue weighted by Crippen LogP contribution is -2.27. The van der Waals surface area contributed by atoms with Gasteiger partial charge in [-0.15, -0.1) is 0 Å². The van der Waals surface area contributed by atoms with Gasteiger partial charge >= 0.3 is 0 Å². The zero-order valence-electron chi connectivity index (χ0n) is 7.56. The highest BCUT2D eigenvalue weighted by molar-refractivity contribution is 5.22. The first-order valence-corrected chi connectivity index (χ1v) is 4.75. The second kappa shape index (κ2) is 3.31. The minimum absolute atomic E-state index is 0.578. The fourth-order valence-electron chi connectivity index (χ4n) is 1.93. The second-order valence-corrected chi connectivity index (χ2v) is 3.58. The summed E-state index contributed by atoms with van der Waals surface area (Å²) < 4.78 is 0. The Labute approximate surface area is 73.4 Å². The Bertz CT molecular complexity index is 246. The lowest BCUT2D eigenvalue weighted by Gasteiger charge is -2.23. The van der Waals surface area contributed by atoms with E-state index in [1.807, 2.05) is 6.20 Å². The summed E-state index contributed by atoms with van der Waals surface area (Å²) in [4.78, 5) is 3.31. The average Bonchev–Trinajstić information content (AvgIpc) is 2.53. The van der Waals surface area contributed by atoms with Crippen molar-refractivity contribution in [1.82, 2.24) is 10.3 Å². The molecule has 1 fully saturated rings. The van der Waals surface area contributed by atoms with Gasteiger partial charge in [0.05, 0.1) is 0 Å². The summed E-state index contributed by atoms with van der Waals surface area (Å²) >= 11 is 0. The normalized spacial score (nSPS) is 24.2. The standard InChI is InChI=1S/C10H16N2/c1-8-5-7-12-10(8)9-4-2-3-6-11-9/h5,7,9,11-12H,2-4,6H2,1H3/t9-/m0/s1. The fourth-order valence-corrected chi connectivity index (χ4v) is 1.93. The largest absolute Gasteiger partial charge is 0.363 e. The SMILES string of the molecule is Cc1cc[nH]c1[C@@H]1CCCCN1. The van der Waals surface area contributed by atoms with Crippen molar-refractivity contribution >= 4 is 0 Å². The van der Waals surface area contributed by atoms with E-state index >= 15 is 0 Å². The molecule has 1 atom stereocenters. The summed E-state index contributed by atoms with van der Waals surface area (Å²) in [5, 5.41) is 3.53. The Morgan fingerprint density at radius 2 is 2.33 bits per heavy atom. The number of hydrogen-bond acceptors (Lipinski definition) is 1. The van der Waals surface area contributed by atoms with Gasteiger partial charge in [0.15, 0.2) is 0 Å². The minimum Gasteiger partial charge on any atom is -0.363 e. The highest BCUT2D eigenvalue weighted by Gasteiger charge is 2.16. The highest BCUT2D eigenvalue weighted by Crippen LogP contribution is 2.23. The van der Waals surface area contributed by atoms with E-state index in [9.17, 15) is 0 Å². The molecule has 1 aromatic rings. The zero-order valence-corrected chi connectivity index (χ0v) is 7.56. The molecule has 0 bridgehead atoms. The lowest BCUT2D eigenvalue weighted by molar-refractivity contribution is 0.405. The van der Waals surface area contributed by atoms with Crippen molar-refractivity contribution in [2.75, 3.05) is 6.54 Å². The van der Waals surface area contributed by atoms with Crippen molar-refractivity contribution in [2.45, 2.75) is 32.2 Å². The summed E-state index contributed by atoms with van der Waals surface area (Å²) in [6, 6.07) is 2.72. The van der Waals surface area contributed by atoms with Crippen molar-refractivity contribution in [1.29, 1.82) is 0 Å². The quantitative estimate of drug-likeness (QED) is 0.654. The maximum atomic E-state index is 3.53. The van der Waals surface area contributed by atoms with Crippen LogP contribution in [0.1, 0.15) is 36.6 Å². The van der Waals surface area contributed by atoms with E-state index in [4.69, 9.17) is 0 Å². The van der Waals surface area contributed by atoms with Crippen molar-refractivity contribution < 1.29 is 0 Å². The van der Waals surface area contributed by atoms with Crippen LogP contribution in [0.4, 0.5) is 0 Å². The molecule has 0 saturated carbocycles. The summed E-state index contributed by atoms with van der Waals surface area (Å²) in [5.41, 5.74) is 2.77. The minimum atomic E-state index is 0.578. The van der Waals surface area contributed by atoms with Gasteiger partial charge in [-0.25, -0.2) is 0 Å². The number of aromatic nitrogens is 1. The van der Waals surface area contributed by atoms with Crippen LogP contribution >= 0.6 is 0 Å². The molecule has 2 heteroatoms. The number of nitrogens with one attached hydrogen (secondary N) is 2. The molecule has 1 aliphatic heterocycles. The fraction of sp³-hybridized carbons (Fsp3) is 0.600. The molecule has 12 heavy (non-hydrogen) atoms. The summed E-state index contributed by atoms with van der Waals surface area (Å²) in [6.45, 7) is 3.34. The van der Waals surface area contributed by atoms with Gasteiger partial charge in [0, 0.05) is 17.9 Å². The van der Waals surface area contributed by atoms with Crippen LogP contribution in [0.15, 0.2) is 12.3 Å². The number of aryl methyl sites for hydroxylation is 1. The Balaban J connectivity index is 2.13. The van der Waals surface area contributed by atoms with Gasteiger partial charge < -0.3 is 10.3 Å². The molecule has 0 aromatic carbocycles. The second-order valence-electron chi connectivity index (χ2n) is 3.58. The van der Waals surface area contributed by atoms with Crippen LogP contribution in [-0.2, 0) is 0 Å². The van der Waals surface area contributed by atoms with Crippen molar-refractivity contribution in [3.05, 3.63) is 23.5 Å². The Kier molecular flexibility index (Phi) is 2.17. The van der Waals surface area contributed by atoms with Gasteiger partial charge in [-0.3, -0.25) is 0 Å². The first-order valence-electron chi connectivity index (χ1n) is 4.75. The van der Waals surface area contributed by atoms with Crippen LogP contribution < -0.4 is 5.32 Å². The monoisotopic (exact) mass is 164 g/mol. The maximum absolute atomic E-state index is 3.53. The van der Waals surface area contributed by atoms with Gasteiger partial charge in [0.1, 0.15) is 0 Å². The molecule has 66 valence electrons. The van der Waals surface area contributed by atoms with Crippen LogP contribution in [0, 0.1) is 6.92 Å². The molecule has 0 amide bonds. The molecule has 2 N–H and O–H groups in total. The van der Waals surface area contributed by atoms with Crippen LogP contribution in [0.3, 0.4) is 0 Å². The number of hydrogen-bond donors (Lipinski definition) is 2. The van der Waals surface area contributed by atoms with Gasteiger partial charge in [-0.05, 0) is 37.9 Å². The summed E-state index contributed by atoms with van der Waals surface area (Å²) in [5.74, 6) is 0. The van der Waals surface area contributed by atoms with Crippen LogP contribution in [-0.4, -0.2) is 11.5 Å². The van der Waals surface area contributed by atoms with Gasteiger partial charge in [0.2, 0.25) is 0 Å². The summed E-state index contributed by atoms with van der Waals surface area (Å²) in [6.07, 6.45) is 5.99. The third kappa shape index (κ3) is 1.39. The number of piperidine rings is 1. The van der Waals surface area contributed by atoms with Crippen LogP contribution in [0.2, 0.25) is 0 Å². The van der Waals surface area contributed by atoms with E-state index in [1.165, 1.54) is 37.1 Å². The van der Waals surface area contributed by atoms with Crippen LogP contribution in [0.25, 0.3) is 0 Å². The van der Waals surface area contributed by atoms with E-state index in [0.717, 1.165) is 0 Å². The first-order chi connectivity index (χ1) is 5.88. The predicted molar refractivity (Wildman–Crippen MR) is 50.1 cm³/mol. The third-order valence-electron chi connectivity index (χ3n) is 2.66. The smallest absolute Gasteiger partial charge is 0.0475 e. The van der Waals surface area contributed by atoms with Gasteiger partial charge in [-0.1, -0.05) is 6.42 Å². The molecule has 0 radical (unpaired) electrons. The molecule has 2 heterocycles. The van der Waals surface area contributed by atoms with E-state index < -0.39 is 0 Å². The van der Waals surface area contributed by atoms with Gasteiger partial charge in [0.25, 0.3) is 0 Å². The first kappa shape index (κ1) is 7.87. The number of aromatic amines is 1. The van der Waals surface area contributed by atoms with E-state index in [1.54, 1.807) is 0 Å². The molecule has 1 saturated heterocycles. The van der Waals surface area contributed by atoms with Crippen molar-refractivity contribution in [3.63, 3.8) is 0 Å². The zero-order chi connectivity index (χ0) is 8.39. The molecular formula is C10H16N2. The van der Waals surface area contributed by atoms with E-state index in [0.29, 0.717) is 6.04 Å². The van der Waals surface area contributed by atoms with E-state index in [2.05, 4.69) is 23.3 Å². The Morgan fingerprint density at radius 3 is 2.92 bits per heavy atom. The highest BCUT2D eigenvalue weighted by atomic mass is 14.9.